The molecule has 3 rings (SSSR count). The normalized spacial score (nSPS) is 33.0. The van der Waals surface area contributed by atoms with Gasteiger partial charge in [-0.05, 0) is 48.8 Å². The van der Waals surface area contributed by atoms with Gasteiger partial charge in [0.15, 0.2) is 0 Å². The molecule has 2 aliphatic carbocycles. The summed E-state index contributed by atoms with van der Waals surface area (Å²) in [7, 11) is 1.60. The van der Waals surface area contributed by atoms with E-state index in [0.29, 0.717) is 17.2 Å². The third-order valence-corrected chi connectivity index (χ3v) is 6.27. The molecule has 114 valence electrons. The topological polar surface area (TPSA) is 35.5 Å². The zero-order valence-electron chi connectivity index (χ0n) is 13.3. The summed E-state index contributed by atoms with van der Waals surface area (Å²) in [6.45, 7) is 6.93. The molecule has 2 bridgehead atoms. The van der Waals surface area contributed by atoms with E-state index in [2.05, 4.69) is 20.8 Å². The fourth-order valence-electron chi connectivity index (χ4n) is 4.26. The number of hydrogen-bond donors (Lipinski definition) is 0. The summed E-state index contributed by atoms with van der Waals surface area (Å²) in [5.74, 6) is 1.12. The molecule has 3 atom stereocenters. The lowest BCUT2D eigenvalue weighted by molar-refractivity contribution is -0.0242. The van der Waals surface area contributed by atoms with Crippen molar-refractivity contribution in [2.45, 2.75) is 46.1 Å². The van der Waals surface area contributed by atoms with Crippen molar-refractivity contribution in [2.24, 2.45) is 16.7 Å². The van der Waals surface area contributed by atoms with Crippen LogP contribution in [0.5, 0.6) is 5.75 Å². The number of carbonyl (C=O) groups excluding carboxylic acids is 1. The van der Waals surface area contributed by atoms with Crippen LogP contribution in [0.25, 0.3) is 0 Å². The van der Waals surface area contributed by atoms with Gasteiger partial charge in [-0.15, -0.1) is 0 Å². The fraction of sp³-hybridized carbons (Fsp3) is 0.611. The fourth-order valence-corrected chi connectivity index (χ4v) is 4.26. The molecular formula is C18H24O3. The van der Waals surface area contributed by atoms with Gasteiger partial charge in [0.05, 0.1) is 12.7 Å². The summed E-state index contributed by atoms with van der Waals surface area (Å²) in [5, 5.41) is 0. The molecule has 0 radical (unpaired) electrons. The second kappa shape index (κ2) is 4.75. The maximum absolute atomic E-state index is 12.4. The van der Waals surface area contributed by atoms with Crippen molar-refractivity contribution in [1.82, 2.24) is 0 Å². The van der Waals surface area contributed by atoms with Gasteiger partial charge in [-0.1, -0.05) is 26.8 Å². The van der Waals surface area contributed by atoms with Gasteiger partial charge in [0, 0.05) is 5.41 Å². The average molecular weight is 288 g/mol. The molecule has 0 aliphatic heterocycles. The van der Waals surface area contributed by atoms with Crippen molar-refractivity contribution in [2.75, 3.05) is 7.11 Å². The van der Waals surface area contributed by atoms with E-state index in [1.54, 1.807) is 19.2 Å². The summed E-state index contributed by atoms with van der Waals surface area (Å²) in [5.41, 5.74) is 0.928. The third-order valence-electron chi connectivity index (χ3n) is 6.27. The number of benzene rings is 1. The Morgan fingerprint density at radius 2 is 2.05 bits per heavy atom. The summed E-state index contributed by atoms with van der Waals surface area (Å²) in [6, 6.07) is 7.18. The molecule has 0 amide bonds. The molecule has 1 aromatic rings. The minimum atomic E-state index is -0.233. The average Bonchev–Trinajstić information content (AvgIpc) is 2.80. The third kappa shape index (κ3) is 2.05. The van der Waals surface area contributed by atoms with Crippen LogP contribution in [0.15, 0.2) is 24.3 Å². The lowest BCUT2D eigenvalue weighted by Crippen LogP contribution is -2.38. The van der Waals surface area contributed by atoms with E-state index in [0.717, 1.165) is 12.8 Å². The van der Waals surface area contributed by atoms with Crippen LogP contribution in [0.2, 0.25) is 0 Å². The predicted molar refractivity (Wildman–Crippen MR) is 81.4 cm³/mol. The summed E-state index contributed by atoms with van der Waals surface area (Å²) in [6.07, 6.45) is 3.45. The van der Waals surface area contributed by atoms with E-state index >= 15 is 0 Å². The van der Waals surface area contributed by atoms with Crippen LogP contribution in [0, 0.1) is 16.7 Å². The zero-order valence-corrected chi connectivity index (χ0v) is 13.3. The minimum absolute atomic E-state index is 0.0324. The van der Waals surface area contributed by atoms with Crippen LogP contribution in [0.4, 0.5) is 0 Å². The molecule has 0 N–H and O–H groups in total. The number of ether oxygens (including phenoxy) is 2. The van der Waals surface area contributed by atoms with E-state index in [1.807, 2.05) is 12.1 Å². The molecule has 0 heterocycles. The maximum atomic E-state index is 12.4. The molecule has 1 aromatic carbocycles. The predicted octanol–water partition coefficient (Wildman–Crippen LogP) is 4.07. The van der Waals surface area contributed by atoms with Crippen molar-refractivity contribution in [3.05, 3.63) is 29.8 Å². The SMILES string of the molecule is COc1cccc(C(=O)OC2CC3CCC2(C)C3(C)C)c1. The smallest absolute Gasteiger partial charge is 0.338 e. The Kier molecular flexibility index (Phi) is 3.27. The van der Waals surface area contributed by atoms with Crippen molar-refractivity contribution >= 4 is 5.97 Å². The molecule has 3 heteroatoms. The molecule has 0 aromatic heterocycles. The van der Waals surface area contributed by atoms with Crippen molar-refractivity contribution in [3.8, 4) is 5.75 Å². The highest BCUT2D eigenvalue weighted by Crippen LogP contribution is 2.66. The standard InChI is InChI=1S/C18H24O3/c1-17(2)13-8-9-18(17,3)15(11-13)21-16(19)12-6-5-7-14(10-12)20-4/h5-7,10,13,15H,8-9,11H2,1-4H3. The van der Waals surface area contributed by atoms with Gasteiger partial charge >= 0.3 is 5.97 Å². The van der Waals surface area contributed by atoms with Crippen LogP contribution in [-0.2, 0) is 4.74 Å². The first kappa shape index (κ1) is 14.4. The van der Waals surface area contributed by atoms with Crippen molar-refractivity contribution < 1.29 is 14.3 Å². The summed E-state index contributed by atoms with van der Waals surface area (Å²) < 4.78 is 11.0. The van der Waals surface area contributed by atoms with Crippen LogP contribution >= 0.6 is 0 Å². The molecule has 3 unspecified atom stereocenters. The summed E-state index contributed by atoms with van der Waals surface area (Å²) in [4.78, 5) is 12.4. The highest BCUT2D eigenvalue weighted by atomic mass is 16.5. The number of rotatable bonds is 3. The van der Waals surface area contributed by atoms with Gasteiger partial charge < -0.3 is 9.47 Å². The van der Waals surface area contributed by atoms with Crippen molar-refractivity contribution in [1.29, 1.82) is 0 Å². The molecule has 21 heavy (non-hydrogen) atoms. The van der Waals surface area contributed by atoms with Crippen LogP contribution in [0.1, 0.15) is 50.4 Å². The monoisotopic (exact) mass is 288 g/mol. The number of hydrogen-bond acceptors (Lipinski definition) is 3. The Bertz CT molecular complexity index is 563. The first-order chi connectivity index (χ1) is 9.88. The Morgan fingerprint density at radius 1 is 1.29 bits per heavy atom. The molecule has 0 spiro atoms. The zero-order chi connectivity index (χ0) is 15.3. The second-order valence-corrected chi connectivity index (χ2v) is 7.24. The Morgan fingerprint density at radius 3 is 2.62 bits per heavy atom. The highest BCUT2D eigenvalue weighted by molar-refractivity contribution is 5.90. The quantitative estimate of drug-likeness (QED) is 0.787. The van der Waals surface area contributed by atoms with Crippen LogP contribution < -0.4 is 4.74 Å². The molecule has 2 aliphatic rings. The van der Waals surface area contributed by atoms with E-state index in [9.17, 15) is 4.79 Å². The van der Waals surface area contributed by atoms with Gasteiger partial charge in [0.25, 0.3) is 0 Å². The van der Waals surface area contributed by atoms with E-state index in [1.165, 1.54) is 6.42 Å². The van der Waals surface area contributed by atoms with Gasteiger partial charge in [0.2, 0.25) is 0 Å². The van der Waals surface area contributed by atoms with E-state index < -0.39 is 0 Å². The number of methoxy groups -OCH3 is 1. The Balaban J connectivity index is 1.77. The minimum Gasteiger partial charge on any atom is -0.497 e. The van der Waals surface area contributed by atoms with Crippen LogP contribution in [-0.4, -0.2) is 19.2 Å². The lowest BCUT2D eigenvalue weighted by Gasteiger charge is -2.38. The number of fused-ring (bicyclic) bond motifs is 2. The first-order valence-corrected chi connectivity index (χ1v) is 7.73. The second-order valence-electron chi connectivity index (χ2n) is 7.24. The number of carbonyl (C=O) groups is 1. The van der Waals surface area contributed by atoms with Gasteiger partial charge in [-0.25, -0.2) is 4.79 Å². The Hall–Kier alpha value is -1.51. The van der Waals surface area contributed by atoms with Crippen molar-refractivity contribution in [3.63, 3.8) is 0 Å². The largest absolute Gasteiger partial charge is 0.497 e. The molecule has 2 fully saturated rings. The highest BCUT2D eigenvalue weighted by Gasteiger charge is 2.62. The Labute approximate surface area is 126 Å². The molecular weight excluding hydrogens is 264 g/mol. The maximum Gasteiger partial charge on any atom is 0.338 e. The van der Waals surface area contributed by atoms with Gasteiger partial charge in [0.1, 0.15) is 11.9 Å². The van der Waals surface area contributed by atoms with E-state index in [4.69, 9.17) is 9.47 Å². The molecule has 0 saturated heterocycles. The van der Waals surface area contributed by atoms with E-state index in [-0.39, 0.29) is 22.9 Å². The number of esters is 1. The van der Waals surface area contributed by atoms with Crippen LogP contribution in [0.3, 0.4) is 0 Å². The molecule has 3 nitrogen and oxygen atoms in total. The first-order valence-electron chi connectivity index (χ1n) is 7.73. The summed E-state index contributed by atoms with van der Waals surface area (Å²) >= 11 is 0. The van der Waals surface area contributed by atoms with Gasteiger partial charge in [-0.3, -0.25) is 0 Å². The molecule has 2 saturated carbocycles. The van der Waals surface area contributed by atoms with Gasteiger partial charge in [-0.2, -0.15) is 0 Å². The lowest BCUT2D eigenvalue weighted by atomic mass is 9.70.